The van der Waals surface area contributed by atoms with Gasteiger partial charge in [0.2, 0.25) is 5.91 Å². The molecule has 0 radical (unpaired) electrons. The SMILES string of the molecule is C[C@@H]1C[C@H]1c1ccc(CN(C)CC(=O)Nc2cccc(S(C)(=O)=O)c2)o1. The highest BCUT2D eigenvalue weighted by Crippen LogP contribution is 2.47. The first-order valence-electron chi connectivity index (χ1n) is 8.59. The van der Waals surface area contributed by atoms with E-state index in [0.29, 0.717) is 24.1 Å². The number of nitrogens with zero attached hydrogens (tertiary/aromatic N) is 1. The van der Waals surface area contributed by atoms with Crippen LogP contribution >= 0.6 is 0 Å². The number of rotatable bonds is 7. The zero-order valence-electron chi connectivity index (χ0n) is 15.2. The van der Waals surface area contributed by atoms with Crippen molar-refractivity contribution in [3.05, 3.63) is 47.9 Å². The molecule has 1 aromatic carbocycles. The molecule has 6 nitrogen and oxygen atoms in total. The standard InChI is InChI=1S/C19H24N2O4S/c1-13-9-17(13)18-8-7-15(25-18)11-21(2)12-19(22)20-14-5-4-6-16(10-14)26(3,23)24/h4-8,10,13,17H,9,11-12H2,1-3H3,(H,20,22)/t13-,17-/m1/s1. The molecule has 1 heterocycles. The van der Waals surface area contributed by atoms with E-state index in [-0.39, 0.29) is 17.3 Å². The Bertz CT molecular complexity index is 904. The molecule has 2 aromatic rings. The Morgan fingerprint density at radius 2 is 2.04 bits per heavy atom. The highest BCUT2D eigenvalue weighted by Gasteiger charge is 2.36. The van der Waals surface area contributed by atoms with E-state index < -0.39 is 9.84 Å². The Balaban J connectivity index is 1.53. The first-order chi connectivity index (χ1) is 12.2. The fraction of sp³-hybridized carbons (Fsp3) is 0.421. The van der Waals surface area contributed by atoms with Crippen LogP contribution in [0.1, 0.15) is 30.8 Å². The number of furan rings is 1. The Morgan fingerprint density at radius 1 is 1.31 bits per heavy atom. The minimum Gasteiger partial charge on any atom is -0.464 e. The first-order valence-corrected chi connectivity index (χ1v) is 10.5. The first kappa shape index (κ1) is 18.7. The van der Waals surface area contributed by atoms with Crippen LogP contribution in [0.25, 0.3) is 0 Å². The maximum Gasteiger partial charge on any atom is 0.238 e. The van der Waals surface area contributed by atoms with E-state index in [1.54, 1.807) is 12.1 Å². The van der Waals surface area contributed by atoms with E-state index >= 15 is 0 Å². The maximum absolute atomic E-state index is 12.2. The van der Waals surface area contributed by atoms with Gasteiger partial charge in [0, 0.05) is 17.9 Å². The summed E-state index contributed by atoms with van der Waals surface area (Å²) in [7, 11) is -1.46. The lowest BCUT2D eigenvalue weighted by molar-refractivity contribution is -0.117. The molecule has 2 atom stereocenters. The average molecular weight is 376 g/mol. The third kappa shape index (κ3) is 4.74. The highest BCUT2D eigenvalue weighted by molar-refractivity contribution is 7.90. The molecule has 1 fully saturated rings. The van der Waals surface area contributed by atoms with Gasteiger partial charge in [0.15, 0.2) is 9.84 Å². The summed E-state index contributed by atoms with van der Waals surface area (Å²) in [6, 6.07) is 10.2. The number of sulfone groups is 1. The quantitative estimate of drug-likeness (QED) is 0.804. The second-order valence-corrected chi connectivity index (χ2v) is 9.16. The topological polar surface area (TPSA) is 79.6 Å². The van der Waals surface area contributed by atoms with Crippen LogP contribution in [0.2, 0.25) is 0 Å². The van der Waals surface area contributed by atoms with E-state index in [4.69, 9.17) is 4.42 Å². The zero-order chi connectivity index (χ0) is 18.9. The number of benzene rings is 1. The number of anilines is 1. The molecule has 1 amide bonds. The van der Waals surface area contributed by atoms with E-state index in [1.807, 2.05) is 24.1 Å². The van der Waals surface area contributed by atoms with Crippen molar-refractivity contribution in [1.82, 2.24) is 4.90 Å². The summed E-state index contributed by atoms with van der Waals surface area (Å²) >= 11 is 0. The molecular formula is C19H24N2O4S. The minimum absolute atomic E-state index is 0.180. The Morgan fingerprint density at radius 3 is 2.69 bits per heavy atom. The van der Waals surface area contributed by atoms with Crippen LogP contribution < -0.4 is 5.32 Å². The molecule has 0 bridgehead atoms. The predicted octanol–water partition coefficient (Wildman–Crippen LogP) is 2.88. The van der Waals surface area contributed by atoms with Gasteiger partial charge in [-0.1, -0.05) is 13.0 Å². The normalized spacial score (nSPS) is 19.5. The molecule has 26 heavy (non-hydrogen) atoms. The van der Waals surface area contributed by atoms with Gasteiger partial charge in [-0.3, -0.25) is 9.69 Å². The van der Waals surface area contributed by atoms with Crippen LogP contribution in [0.3, 0.4) is 0 Å². The van der Waals surface area contributed by atoms with Gasteiger partial charge < -0.3 is 9.73 Å². The summed E-state index contributed by atoms with van der Waals surface area (Å²) in [6.07, 6.45) is 2.32. The molecule has 0 unspecified atom stereocenters. The smallest absolute Gasteiger partial charge is 0.238 e. The third-order valence-electron chi connectivity index (χ3n) is 4.54. The molecule has 1 aliphatic rings. The van der Waals surface area contributed by atoms with Crippen molar-refractivity contribution in [2.45, 2.75) is 30.7 Å². The van der Waals surface area contributed by atoms with Crippen LogP contribution in [-0.2, 0) is 21.2 Å². The van der Waals surface area contributed by atoms with Crippen molar-refractivity contribution in [3.8, 4) is 0 Å². The molecule has 0 saturated heterocycles. The molecule has 1 aromatic heterocycles. The second kappa shape index (κ2) is 7.25. The van der Waals surface area contributed by atoms with Crippen LogP contribution in [0, 0.1) is 5.92 Å². The van der Waals surface area contributed by atoms with Crippen molar-refractivity contribution in [1.29, 1.82) is 0 Å². The summed E-state index contributed by atoms with van der Waals surface area (Å²) in [4.78, 5) is 14.2. The fourth-order valence-corrected chi connectivity index (χ4v) is 3.64. The van der Waals surface area contributed by atoms with Gasteiger partial charge in [-0.25, -0.2) is 8.42 Å². The number of hydrogen-bond donors (Lipinski definition) is 1. The largest absolute Gasteiger partial charge is 0.464 e. The lowest BCUT2D eigenvalue weighted by Crippen LogP contribution is -2.29. The zero-order valence-corrected chi connectivity index (χ0v) is 16.0. The van der Waals surface area contributed by atoms with Crippen molar-refractivity contribution in [3.63, 3.8) is 0 Å². The fourth-order valence-electron chi connectivity index (χ4n) is 2.97. The van der Waals surface area contributed by atoms with Crippen LogP contribution in [-0.4, -0.2) is 39.1 Å². The van der Waals surface area contributed by atoms with Gasteiger partial charge in [-0.2, -0.15) is 0 Å². The number of amides is 1. The van der Waals surface area contributed by atoms with Crippen LogP contribution in [0.4, 0.5) is 5.69 Å². The van der Waals surface area contributed by atoms with Gasteiger partial charge in [-0.15, -0.1) is 0 Å². The van der Waals surface area contributed by atoms with E-state index in [1.165, 1.54) is 18.6 Å². The Hall–Kier alpha value is -2.12. The summed E-state index contributed by atoms with van der Waals surface area (Å²) < 4.78 is 29.1. The highest BCUT2D eigenvalue weighted by atomic mass is 32.2. The van der Waals surface area contributed by atoms with Crippen molar-refractivity contribution in [2.24, 2.45) is 5.92 Å². The summed E-state index contributed by atoms with van der Waals surface area (Å²) in [5.74, 6) is 2.90. The molecule has 1 aliphatic carbocycles. The average Bonchev–Trinajstić information content (AvgIpc) is 3.09. The lowest BCUT2D eigenvalue weighted by atomic mass is 10.3. The predicted molar refractivity (Wildman–Crippen MR) is 99.7 cm³/mol. The van der Waals surface area contributed by atoms with Crippen molar-refractivity contribution < 1.29 is 17.6 Å². The van der Waals surface area contributed by atoms with E-state index in [2.05, 4.69) is 12.2 Å². The number of nitrogens with one attached hydrogen (secondary N) is 1. The van der Waals surface area contributed by atoms with Crippen molar-refractivity contribution in [2.75, 3.05) is 25.2 Å². The van der Waals surface area contributed by atoms with Gasteiger partial charge in [-0.05, 0) is 49.7 Å². The minimum atomic E-state index is -3.30. The number of carbonyl (C=O) groups is 1. The molecule has 1 saturated carbocycles. The molecule has 1 N–H and O–H groups in total. The number of carbonyl (C=O) groups excluding carboxylic acids is 1. The Kier molecular flexibility index (Phi) is 5.20. The van der Waals surface area contributed by atoms with Gasteiger partial charge >= 0.3 is 0 Å². The van der Waals surface area contributed by atoms with Crippen LogP contribution in [0.15, 0.2) is 45.7 Å². The number of likely N-dealkylation sites (N-methyl/N-ethyl adjacent to an activating group) is 1. The summed E-state index contributed by atoms with van der Waals surface area (Å²) in [6.45, 7) is 2.93. The maximum atomic E-state index is 12.2. The van der Waals surface area contributed by atoms with Gasteiger partial charge in [0.1, 0.15) is 11.5 Å². The van der Waals surface area contributed by atoms with E-state index in [9.17, 15) is 13.2 Å². The lowest BCUT2D eigenvalue weighted by Gasteiger charge is -2.15. The van der Waals surface area contributed by atoms with E-state index in [0.717, 1.165) is 17.8 Å². The molecular weight excluding hydrogens is 352 g/mol. The monoisotopic (exact) mass is 376 g/mol. The van der Waals surface area contributed by atoms with Gasteiger partial charge in [0.05, 0.1) is 18.0 Å². The molecule has 0 spiro atoms. The molecule has 140 valence electrons. The summed E-state index contributed by atoms with van der Waals surface area (Å²) in [5.41, 5.74) is 0.467. The second-order valence-electron chi connectivity index (χ2n) is 7.14. The number of hydrogen-bond acceptors (Lipinski definition) is 5. The molecule has 3 rings (SSSR count). The van der Waals surface area contributed by atoms with Gasteiger partial charge in [0.25, 0.3) is 0 Å². The summed E-state index contributed by atoms with van der Waals surface area (Å²) in [5, 5.41) is 2.73. The molecule has 7 heteroatoms. The third-order valence-corrected chi connectivity index (χ3v) is 5.65. The Labute approximate surface area is 154 Å². The molecule has 0 aliphatic heterocycles. The van der Waals surface area contributed by atoms with Crippen LogP contribution in [0.5, 0.6) is 0 Å². The van der Waals surface area contributed by atoms with Crippen molar-refractivity contribution >= 4 is 21.4 Å².